The zero-order valence-electron chi connectivity index (χ0n) is 9.18. The summed E-state index contributed by atoms with van der Waals surface area (Å²) < 4.78 is 5.01. The van der Waals surface area contributed by atoms with Crippen LogP contribution < -0.4 is 4.90 Å². The van der Waals surface area contributed by atoms with Gasteiger partial charge in [-0.15, -0.1) is 17.9 Å². The van der Waals surface area contributed by atoms with E-state index in [1.165, 1.54) is 11.3 Å². The van der Waals surface area contributed by atoms with Gasteiger partial charge in [-0.3, -0.25) is 0 Å². The molecule has 1 aromatic rings. The number of anilines is 1. The van der Waals surface area contributed by atoms with E-state index >= 15 is 0 Å². The number of nitrogens with zero attached hydrogens (tertiary/aromatic N) is 1. The Kier molecular flexibility index (Phi) is 5.01. The number of carboxylic acid groups (broad SMARTS) is 1. The summed E-state index contributed by atoms with van der Waals surface area (Å²) in [6.45, 7) is 5.68. The van der Waals surface area contributed by atoms with E-state index in [0.717, 1.165) is 12.2 Å². The van der Waals surface area contributed by atoms with E-state index in [2.05, 4.69) is 6.58 Å². The highest BCUT2D eigenvalue weighted by molar-refractivity contribution is 7.12. The Bertz CT molecular complexity index is 362. The molecule has 5 heteroatoms. The fourth-order valence-electron chi connectivity index (χ4n) is 1.29. The second kappa shape index (κ2) is 6.30. The van der Waals surface area contributed by atoms with E-state index in [1.54, 1.807) is 19.3 Å². The van der Waals surface area contributed by atoms with Crippen molar-refractivity contribution in [1.29, 1.82) is 0 Å². The standard InChI is InChI=1S/C11H15NO3S/c1-3-4-12(5-6-15-2)9-7-10(11(13)14)16-8-9/h3,7-8H,1,4-6H2,2H3,(H,13,14). The fraction of sp³-hybridized carbons (Fsp3) is 0.364. The average Bonchev–Trinajstić information content (AvgIpc) is 2.73. The van der Waals surface area contributed by atoms with Gasteiger partial charge in [-0.2, -0.15) is 0 Å². The number of methoxy groups -OCH3 is 1. The van der Waals surface area contributed by atoms with Gasteiger partial charge in [-0.05, 0) is 6.07 Å². The van der Waals surface area contributed by atoms with Gasteiger partial charge in [0.05, 0.1) is 6.61 Å². The third-order valence-corrected chi connectivity index (χ3v) is 2.98. The Morgan fingerprint density at radius 2 is 2.50 bits per heavy atom. The minimum absolute atomic E-state index is 0.349. The molecule has 0 fully saturated rings. The first-order chi connectivity index (χ1) is 7.69. The zero-order valence-corrected chi connectivity index (χ0v) is 10.00. The Hall–Kier alpha value is -1.33. The quantitative estimate of drug-likeness (QED) is 0.743. The van der Waals surface area contributed by atoms with Crippen molar-refractivity contribution in [2.45, 2.75) is 0 Å². The molecule has 1 rings (SSSR count). The number of thiophene rings is 1. The molecule has 0 amide bonds. The Morgan fingerprint density at radius 1 is 1.75 bits per heavy atom. The second-order valence-corrected chi connectivity index (χ2v) is 4.11. The molecule has 0 bridgehead atoms. The molecule has 1 heterocycles. The number of carboxylic acids is 1. The predicted molar refractivity (Wildman–Crippen MR) is 65.6 cm³/mol. The summed E-state index contributed by atoms with van der Waals surface area (Å²) in [7, 11) is 1.64. The highest BCUT2D eigenvalue weighted by Gasteiger charge is 2.11. The number of hydrogen-bond acceptors (Lipinski definition) is 4. The molecule has 0 aliphatic carbocycles. The Morgan fingerprint density at radius 3 is 3.00 bits per heavy atom. The van der Waals surface area contributed by atoms with Gasteiger partial charge in [0.15, 0.2) is 0 Å². The van der Waals surface area contributed by atoms with Crippen LogP contribution in [0.3, 0.4) is 0 Å². The SMILES string of the molecule is C=CCN(CCOC)c1csc(C(=O)O)c1. The van der Waals surface area contributed by atoms with Crippen LogP contribution in [0.4, 0.5) is 5.69 Å². The fourth-order valence-corrected chi connectivity index (χ4v) is 2.04. The second-order valence-electron chi connectivity index (χ2n) is 3.20. The molecule has 0 aromatic carbocycles. The van der Waals surface area contributed by atoms with Gasteiger partial charge in [-0.1, -0.05) is 6.08 Å². The third kappa shape index (κ3) is 3.36. The average molecular weight is 241 g/mol. The highest BCUT2D eigenvalue weighted by Crippen LogP contribution is 2.23. The van der Waals surface area contributed by atoms with Crippen LogP contribution in [-0.2, 0) is 4.74 Å². The lowest BCUT2D eigenvalue weighted by Gasteiger charge is -2.21. The summed E-state index contributed by atoms with van der Waals surface area (Å²) in [6.07, 6.45) is 1.79. The molecule has 0 spiro atoms. The van der Waals surface area contributed by atoms with Crippen molar-refractivity contribution in [3.8, 4) is 0 Å². The lowest BCUT2D eigenvalue weighted by atomic mass is 10.3. The van der Waals surface area contributed by atoms with E-state index in [-0.39, 0.29) is 0 Å². The van der Waals surface area contributed by atoms with Crippen LogP contribution in [0.25, 0.3) is 0 Å². The summed E-state index contributed by atoms with van der Waals surface area (Å²) in [5.74, 6) is -0.887. The largest absolute Gasteiger partial charge is 0.477 e. The first-order valence-electron chi connectivity index (χ1n) is 4.85. The van der Waals surface area contributed by atoms with Crippen molar-refractivity contribution in [3.63, 3.8) is 0 Å². The van der Waals surface area contributed by atoms with Gasteiger partial charge in [-0.25, -0.2) is 4.79 Å². The summed E-state index contributed by atoms with van der Waals surface area (Å²) in [5.41, 5.74) is 0.902. The Balaban J connectivity index is 2.74. The van der Waals surface area contributed by atoms with Crippen LogP contribution in [0.15, 0.2) is 24.1 Å². The van der Waals surface area contributed by atoms with Gasteiger partial charge < -0.3 is 14.7 Å². The van der Waals surface area contributed by atoms with Crippen molar-refractivity contribution in [3.05, 3.63) is 29.0 Å². The molecular weight excluding hydrogens is 226 g/mol. The van der Waals surface area contributed by atoms with Crippen molar-refractivity contribution in [2.75, 3.05) is 31.7 Å². The van der Waals surface area contributed by atoms with Crippen molar-refractivity contribution < 1.29 is 14.6 Å². The molecule has 88 valence electrons. The predicted octanol–water partition coefficient (Wildman–Crippen LogP) is 2.09. The van der Waals surface area contributed by atoms with Gasteiger partial charge >= 0.3 is 5.97 Å². The number of carbonyl (C=O) groups is 1. The minimum atomic E-state index is -0.887. The van der Waals surface area contributed by atoms with Crippen LogP contribution >= 0.6 is 11.3 Å². The maximum Gasteiger partial charge on any atom is 0.345 e. The molecule has 1 N–H and O–H groups in total. The van der Waals surface area contributed by atoms with E-state index in [1.807, 2.05) is 10.3 Å². The van der Waals surface area contributed by atoms with Crippen LogP contribution in [0.5, 0.6) is 0 Å². The molecule has 0 saturated heterocycles. The molecule has 1 aromatic heterocycles. The molecule has 0 saturated carbocycles. The molecule has 0 radical (unpaired) electrons. The summed E-state index contributed by atoms with van der Waals surface area (Å²) in [6, 6.07) is 1.67. The maximum absolute atomic E-state index is 10.8. The minimum Gasteiger partial charge on any atom is -0.477 e. The van der Waals surface area contributed by atoms with E-state index < -0.39 is 5.97 Å². The van der Waals surface area contributed by atoms with E-state index in [0.29, 0.717) is 18.0 Å². The molecule has 0 aliphatic heterocycles. The summed E-state index contributed by atoms with van der Waals surface area (Å²) >= 11 is 1.23. The van der Waals surface area contributed by atoms with Crippen LogP contribution in [-0.4, -0.2) is 37.9 Å². The first-order valence-corrected chi connectivity index (χ1v) is 5.73. The van der Waals surface area contributed by atoms with Gasteiger partial charge in [0.2, 0.25) is 0 Å². The molecular formula is C11H15NO3S. The molecule has 0 atom stereocenters. The van der Waals surface area contributed by atoms with Gasteiger partial charge in [0, 0.05) is 31.3 Å². The highest BCUT2D eigenvalue weighted by atomic mass is 32.1. The Labute approximate surface area is 98.8 Å². The molecule has 16 heavy (non-hydrogen) atoms. The lowest BCUT2D eigenvalue weighted by Crippen LogP contribution is -2.26. The van der Waals surface area contributed by atoms with E-state index in [9.17, 15) is 4.79 Å². The number of ether oxygens (including phenoxy) is 1. The topological polar surface area (TPSA) is 49.8 Å². The van der Waals surface area contributed by atoms with Gasteiger partial charge in [0.25, 0.3) is 0 Å². The van der Waals surface area contributed by atoms with Crippen LogP contribution in [0, 0.1) is 0 Å². The summed E-state index contributed by atoms with van der Waals surface area (Å²) in [4.78, 5) is 13.1. The van der Waals surface area contributed by atoms with Gasteiger partial charge in [0.1, 0.15) is 4.88 Å². The third-order valence-electron chi connectivity index (χ3n) is 2.08. The van der Waals surface area contributed by atoms with E-state index in [4.69, 9.17) is 9.84 Å². The van der Waals surface area contributed by atoms with Crippen molar-refractivity contribution in [1.82, 2.24) is 0 Å². The monoisotopic (exact) mass is 241 g/mol. The van der Waals surface area contributed by atoms with Crippen molar-refractivity contribution in [2.24, 2.45) is 0 Å². The first kappa shape index (κ1) is 12.7. The lowest BCUT2D eigenvalue weighted by molar-refractivity contribution is 0.0702. The molecule has 0 aliphatic rings. The molecule has 0 unspecified atom stereocenters. The normalized spacial score (nSPS) is 10.1. The van der Waals surface area contributed by atoms with Crippen LogP contribution in [0.1, 0.15) is 9.67 Å². The van der Waals surface area contributed by atoms with Crippen molar-refractivity contribution >= 4 is 23.0 Å². The number of hydrogen-bond donors (Lipinski definition) is 1. The van der Waals surface area contributed by atoms with Crippen LogP contribution in [0.2, 0.25) is 0 Å². The summed E-state index contributed by atoms with van der Waals surface area (Å²) in [5, 5.41) is 10.7. The zero-order chi connectivity index (χ0) is 12.0. The maximum atomic E-state index is 10.8. The number of aromatic carboxylic acids is 1. The molecule has 4 nitrogen and oxygen atoms in total. The number of rotatable bonds is 7. The smallest absolute Gasteiger partial charge is 0.345 e.